The highest BCUT2D eigenvalue weighted by Crippen LogP contribution is 2.37. The smallest absolute Gasteiger partial charge is 0.342 e. The van der Waals surface area contributed by atoms with Crippen LogP contribution in [-0.2, 0) is 19.1 Å². The van der Waals surface area contributed by atoms with E-state index in [2.05, 4.69) is 26.2 Å². The number of aryl methyl sites for hydroxylation is 1. The molecule has 1 unspecified atom stereocenters. The fraction of sp³-hybridized carbons (Fsp3) is 0.227. The highest BCUT2D eigenvalue weighted by atomic mass is 79.9. The van der Waals surface area contributed by atoms with Crippen LogP contribution in [0.4, 0.5) is 11.4 Å². The molecule has 3 rings (SSSR count). The molecule has 32 heavy (non-hydrogen) atoms. The van der Waals surface area contributed by atoms with Crippen LogP contribution >= 0.6 is 39.3 Å². The first kappa shape index (κ1) is 24.3. The number of carbonyl (C=O) groups excluding carboxylic acids is 2. The van der Waals surface area contributed by atoms with Crippen molar-refractivity contribution >= 4 is 67.6 Å². The summed E-state index contributed by atoms with van der Waals surface area (Å²) in [6.45, 7) is 2.20. The number of hydrogen-bond donors (Lipinski definition) is 2. The fourth-order valence-corrected chi connectivity index (χ4v) is 4.37. The second kappa shape index (κ2) is 11.0. The second-order valence-corrected chi connectivity index (χ2v) is 9.13. The Morgan fingerprint density at radius 1 is 1.25 bits per heavy atom. The molecule has 1 heterocycles. The molecular weight excluding hydrogens is 518 g/mol. The van der Waals surface area contributed by atoms with Crippen molar-refractivity contribution in [3.05, 3.63) is 68.8 Å². The monoisotopic (exact) mass is 537 g/mol. The number of benzene rings is 2. The minimum absolute atomic E-state index is 0.0468. The van der Waals surface area contributed by atoms with Gasteiger partial charge < -0.3 is 20.5 Å². The lowest BCUT2D eigenvalue weighted by molar-refractivity contribution is -0.139. The Balaban J connectivity index is 1.91. The van der Waals surface area contributed by atoms with Gasteiger partial charge in [-0.2, -0.15) is 0 Å². The van der Waals surface area contributed by atoms with Crippen molar-refractivity contribution in [2.24, 2.45) is 10.7 Å². The van der Waals surface area contributed by atoms with Gasteiger partial charge in [0, 0.05) is 23.0 Å². The molecule has 1 aliphatic rings. The van der Waals surface area contributed by atoms with E-state index >= 15 is 0 Å². The van der Waals surface area contributed by atoms with Crippen molar-refractivity contribution < 1.29 is 19.1 Å². The molecule has 3 N–H and O–H groups in total. The van der Waals surface area contributed by atoms with Gasteiger partial charge >= 0.3 is 5.97 Å². The van der Waals surface area contributed by atoms with Gasteiger partial charge in [-0.25, -0.2) is 9.79 Å². The molecular formula is C22H21BrClN3O4S. The highest BCUT2D eigenvalue weighted by Gasteiger charge is 2.39. The second-order valence-electron chi connectivity index (χ2n) is 6.78. The Morgan fingerprint density at radius 2 is 2.00 bits per heavy atom. The third kappa shape index (κ3) is 5.72. The molecule has 1 atom stereocenters. The number of amides is 1. The van der Waals surface area contributed by atoms with E-state index in [1.807, 2.05) is 19.1 Å². The summed E-state index contributed by atoms with van der Waals surface area (Å²) < 4.78 is 11.1. The minimum atomic E-state index is -0.856. The molecule has 10 heteroatoms. The SMILES string of the molecule is COCCOC(=O)C1=C(N)C(C(=O)Nc2ccc(Br)c(C)c2)SC1=Nc1ccccc1Cl. The zero-order valence-corrected chi connectivity index (χ0v) is 20.5. The van der Waals surface area contributed by atoms with E-state index in [1.165, 1.54) is 7.11 Å². The molecule has 168 valence electrons. The number of ether oxygens (including phenoxy) is 2. The number of nitrogens with zero attached hydrogens (tertiary/aromatic N) is 1. The van der Waals surface area contributed by atoms with Crippen molar-refractivity contribution in [1.29, 1.82) is 0 Å². The van der Waals surface area contributed by atoms with Crippen molar-refractivity contribution in [1.82, 2.24) is 0 Å². The summed E-state index contributed by atoms with van der Waals surface area (Å²) >= 11 is 10.7. The maximum absolute atomic E-state index is 13.0. The van der Waals surface area contributed by atoms with Crippen molar-refractivity contribution in [3.63, 3.8) is 0 Å². The quantitative estimate of drug-likeness (QED) is 0.395. The van der Waals surface area contributed by atoms with E-state index in [1.54, 1.807) is 30.3 Å². The molecule has 1 amide bonds. The van der Waals surface area contributed by atoms with Crippen LogP contribution in [0.3, 0.4) is 0 Å². The van der Waals surface area contributed by atoms with Crippen LogP contribution < -0.4 is 11.1 Å². The van der Waals surface area contributed by atoms with Crippen LogP contribution in [0.15, 0.2) is 63.2 Å². The molecule has 0 fully saturated rings. The summed E-state index contributed by atoms with van der Waals surface area (Å²) in [5.41, 5.74) is 8.43. The number of anilines is 1. The molecule has 0 saturated heterocycles. The average molecular weight is 539 g/mol. The maximum Gasteiger partial charge on any atom is 0.342 e. The summed E-state index contributed by atoms with van der Waals surface area (Å²) in [6.07, 6.45) is 0. The maximum atomic E-state index is 13.0. The number of rotatable bonds is 7. The predicted octanol–water partition coefficient (Wildman–Crippen LogP) is 4.60. The fourth-order valence-electron chi connectivity index (χ4n) is 2.84. The van der Waals surface area contributed by atoms with Crippen molar-refractivity contribution in [3.8, 4) is 0 Å². The van der Waals surface area contributed by atoms with Gasteiger partial charge in [-0.05, 0) is 42.8 Å². The summed E-state index contributed by atoms with van der Waals surface area (Å²) in [7, 11) is 1.50. The lowest BCUT2D eigenvalue weighted by Gasteiger charge is -2.12. The number of methoxy groups -OCH3 is 1. The number of nitrogens with two attached hydrogens (primary N) is 1. The van der Waals surface area contributed by atoms with Crippen LogP contribution in [0, 0.1) is 6.92 Å². The van der Waals surface area contributed by atoms with Crippen LogP contribution in [0.25, 0.3) is 0 Å². The van der Waals surface area contributed by atoms with E-state index < -0.39 is 11.2 Å². The van der Waals surface area contributed by atoms with Crippen LogP contribution in [0.2, 0.25) is 5.02 Å². The van der Waals surface area contributed by atoms with Gasteiger partial charge in [0.05, 0.1) is 17.3 Å². The van der Waals surface area contributed by atoms with Crippen molar-refractivity contribution in [2.45, 2.75) is 12.2 Å². The van der Waals surface area contributed by atoms with Gasteiger partial charge in [0.2, 0.25) is 5.91 Å². The molecule has 0 saturated carbocycles. The lowest BCUT2D eigenvalue weighted by Crippen LogP contribution is -2.29. The van der Waals surface area contributed by atoms with Gasteiger partial charge in [0.1, 0.15) is 22.5 Å². The Labute approximate surface area is 203 Å². The van der Waals surface area contributed by atoms with E-state index in [4.69, 9.17) is 26.8 Å². The normalized spacial score (nSPS) is 17.0. The third-order valence-corrected chi connectivity index (χ3v) is 6.91. The zero-order chi connectivity index (χ0) is 23.3. The number of aliphatic imine (C=N–C) groups is 1. The first-order chi connectivity index (χ1) is 15.3. The summed E-state index contributed by atoms with van der Waals surface area (Å²) in [6, 6.07) is 12.4. The molecule has 1 aliphatic heterocycles. The van der Waals surface area contributed by atoms with E-state index in [-0.39, 0.29) is 35.4 Å². The van der Waals surface area contributed by atoms with Crippen LogP contribution in [0.1, 0.15) is 5.56 Å². The number of esters is 1. The summed E-state index contributed by atoms with van der Waals surface area (Å²) in [4.78, 5) is 30.2. The standard InChI is InChI=1S/C22H21BrClN3O4S/c1-12-11-13(7-8-14(12)23)26-20(28)19-18(25)17(22(29)31-10-9-30-2)21(32-19)27-16-6-4-3-5-15(16)24/h3-8,11,19H,9-10,25H2,1-2H3,(H,26,28). The number of para-hydroxylation sites is 1. The highest BCUT2D eigenvalue weighted by molar-refractivity contribution is 9.10. The zero-order valence-electron chi connectivity index (χ0n) is 17.4. The van der Waals surface area contributed by atoms with Gasteiger partial charge in [0.15, 0.2) is 0 Å². The summed E-state index contributed by atoms with van der Waals surface area (Å²) in [5.74, 6) is -1.05. The van der Waals surface area contributed by atoms with Gasteiger partial charge in [-0.15, -0.1) is 0 Å². The minimum Gasteiger partial charge on any atom is -0.460 e. The molecule has 0 aromatic heterocycles. The number of nitrogens with one attached hydrogen (secondary N) is 1. The van der Waals surface area contributed by atoms with E-state index in [0.717, 1.165) is 21.8 Å². The molecule has 0 bridgehead atoms. The number of carbonyl (C=O) groups is 2. The van der Waals surface area contributed by atoms with Gasteiger partial charge in [-0.3, -0.25) is 4.79 Å². The summed E-state index contributed by atoms with van der Waals surface area (Å²) in [5, 5.41) is 2.66. The predicted molar refractivity (Wildman–Crippen MR) is 131 cm³/mol. The lowest BCUT2D eigenvalue weighted by atomic mass is 10.1. The van der Waals surface area contributed by atoms with Gasteiger partial charge in [-0.1, -0.05) is 51.4 Å². The molecule has 2 aromatic carbocycles. The van der Waals surface area contributed by atoms with Gasteiger partial charge in [0.25, 0.3) is 0 Å². The first-order valence-electron chi connectivity index (χ1n) is 9.54. The number of thioether (sulfide) groups is 1. The topological polar surface area (TPSA) is 103 Å². The van der Waals surface area contributed by atoms with Crippen LogP contribution in [0.5, 0.6) is 0 Å². The number of halogens is 2. The van der Waals surface area contributed by atoms with Crippen molar-refractivity contribution in [2.75, 3.05) is 25.6 Å². The molecule has 0 spiro atoms. The Hall–Kier alpha value is -2.33. The number of hydrogen-bond acceptors (Lipinski definition) is 7. The molecule has 0 aliphatic carbocycles. The largest absolute Gasteiger partial charge is 0.460 e. The average Bonchev–Trinajstić information content (AvgIpc) is 3.08. The molecule has 7 nitrogen and oxygen atoms in total. The molecule has 2 aromatic rings. The van der Waals surface area contributed by atoms with E-state index in [9.17, 15) is 9.59 Å². The Morgan fingerprint density at radius 3 is 2.69 bits per heavy atom. The first-order valence-corrected chi connectivity index (χ1v) is 11.6. The van der Waals surface area contributed by atoms with Crippen LogP contribution in [-0.4, -0.2) is 42.5 Å². The van der Waals surface area contributed by atoms with E-state index in [0.29, 0.717) is 16.4 Å². The molecule has 0 radical (unpaired) electrons. The Kier molecular flexibility index (Phi) is 8.36. The Bertz CT molecular complexity index is 1110. The third-order valence-electron chi connectivity index (χ3n) is 4.48.